The van der Waals surface area contributed by atoms with Crippen LogP contribution in [0.5, 0.6) is 5.75 Å². The van der Waals surface area contributed by atoms with Gasteiger partial charge < -0.3 is 9.57 Å². The first-order valence-electron chi connectivity index (χ1n) is 6.46. The number of nitrogens with zero attached hydrogens (tertiary/aromatic N) is 1. The molecule has 0 aliphatic carbocycles. The Hall–Kier alpha value is -2.05. The number of ether oxygens (including phenoxy) is 1. The summed E-state index contributed by atoms with van der Waals surface area (Å²) in [5.41, 5.74) is -1.45. The van der Waals surface area contributed by atoms with Crippen LogP contribution in [-0.4, -0.2) is 24.5 Å². The predicted molar refractivity (Wildman–Crippen MR) is 71.2 cm³/mol. The number of benzene rings is 1. The predicted octanol–water partition coefficient (Wildman–Crippen LogP) is 3.70. The molecule has 1 aromatic rings. The molecule has 1 aromatic carbocycles. The van der Waals surface area contributed by atoms with Crippen molar-refractivity contribution in [2.45, 2.75) is 32.9 Å². The molecule has 0 unspecified atom stereocenters. The first-order valence-corrected chi connectivity index (χ1v) is 6.46. The maximum atomic E-state index is 12.9. The van der Waals surface area contributed by atoms with Crippen LogP contribution in [0.4, 0.5) is 13.2 Å². The van der Waals surface area contributed by atoms with Crippen molar-refractivity contribution in [1.82, 2.24) is 0 Å². The molecule has 4 nitrogen and oxygen atoms in total. The maximum absolute atomic E-state index is 12.9. The number of alkyl halides is 3. The molecule has 116 valence electrons. The number of hydrogen-bond acceptors (Lipinski definition) is 4. The monoisotopic (exact) mass is 303 g/mol. The zero-order valence-corrected chi connectivity index (χ0v) is 11.7. The van der Waals surface area contributed by atoms with E-state index in [1.54, 1.807) is 13.8 Å². The highest BCUT2D eigenvalue weighted by molar-refractivity contribution is 6.04. The number of carbonyl (C=O) groups is 1. The number of rotatable bonds is 6. The van der Waals surface area contributed by atoms with Crippen LogP contribution in [0.2, 0.25) is 0 Å². The van der Waals surface area contributed by atoms with Gasteiger partial charge in [-0.1, -0.05) is 12.1 Å². The summed E-state index contributed by atoms with van der Waals surface area (Å²) in [7, 11) is 0. The van der Waals surface area contributed by atoms with E-state index in [-0.39, 0.29) is 12.0 Å². The van der Waals surface area contributed by atoms with Crippen LogP contribution >= 0.6 is 0 Å². The van der Waals surface area contributed by atoms with Crippen molar-refractivity contribution >= 4 is 11.7 Å². The van der Waals surface area contributed by atoms with Gasteiger partial charge in [0.05, 0.1) is 6.61 Å². The van der Waals surface area contributed by atoms with Crippen molar-refractivity contribution in [3.8, 4) is 5.75 Å². The molecule has 0 radical (unpaired) electrons. The fraction of sp³-hybridized carbons (Fsp3) is 0.429. The van der Waals surface area contributed by atoms with Gasteiger partial charge in [0, 0.05) is 12.0 Å². The lowest BCUT2D eigenvalue weighted by atomic mass is 10.1. The fourth-order valence-electron chi connectivity index (χ4n) is 1.49. The Kier molecular flexibility index (Phi) is 6.20. The summed E-state index contributed by atoms with van der Waals surface area (Å²) >= 11 is 0. The smallest absolute Gasteiger partial charge is 0.437 e. The summed E-state index contributed by atoms with van der Waals surface area (Å²) < 4.78 is 44.0. The molecule has 0 amide bonds. The molecular weight excluding hydrogens is 287 g/mol. The van der Waals surface area contributed by atoms with Gasteiger partial charge >= 0.3 is 12.1 Å². The highest BCUT2D eigenvalue weighted by Crippen LogP contribution is 2.24. The van der Waals surface area contributed by atoms with Crippen LogP contribution in [0, 0.1) is 0 Å². The van der Waals surface area contributed by atoms with Gasteiger partial charge in [0.1, 0.15) is 5.75 Å². The lowest BCUT2D eigenvalue weighted by Crippen LogP contribution is -2.25. The van der Waals surface area contributed by atoms with E-state index in [4.69, 9.17) is 4.74 Å². The largest absolute Gasteiger partial charge is 0.494 e. The summed E-state index contributed by atoms with van der Waals surface area (Å²) in [4.78, 5) is 15.4. The second-order valence-electron chi connectivity index (χ2n) is 4.11. The summed E-state index contributed by atoms with van der Waals surface area (Å²) in [6, 6.07) is 5.22. The van der Waals surface area contributed by atoms with Crippen LogP contribution in [0.3, 0.4) is 0 Å². The molecule has 0 saturated heterocycles. The van der Waals surface area contributed by atoms with E-state index in [0.29, 0.717) is 18.8 Å². The molecule has 0 aliphatic rings. The molecule has 0 bridgehead atoms. The van der Waals surface area contributed by atoms with Crippen molar-refractivity contribution < 1.29 is 27.5 Å². The molecule has 21 heavy (non-hydrogen) atoms. The van der Waals surface area contributed by atoms with Crippen LogP contribution < -0.4 is 4.74 Å². The molecule has 1 rings (SSSR count). The van der Waals surface area contributed by atoms with Gasteiger partial charge in [-0.25, -0.2) is 4.79 Å². The minimum absolute atomic E-state index is 0.0118. The van der Waals surface area contributed by atoms with Gasteiger partial charge in [0.15, 0.2) is 5.71 Å². The van der Waals surface area contributed by atoms with Crippen LogP contribution in [-0.2, 0) is 9.63 Å². The first kappa shape index (κ1) is 17.0. The summed E-state index contributed by atoms with van der Waals surface area (Å²) in [6.07, 6.45) is -4.24. The molecule has 0 saturated carbocycles. The van der Waals surface area contributed by atoms with E-state index < -0.39 is 17.9 Å². The number of oxime groups is 1. The summed E-state index contributed by atoms with van der Waals surface area (Å²) in [5, 5.41) is 2.96. The lowest BCUT2D eigenvalue weighted by molar-refractivity contribution is -0.144. The number of hydrogen-bond donors (Lipinski definition) is 0. The van der Waals surface area contributed by atoms with E-state index in [2.05, 4.69) is 9.99 Å². The molecule has 0 heterocycles. The van der Waals surface area contributed by atoms with Crippen molar-refractivity contribution in [3.63, 3.8) is 0 Å². The lowest BCUT2D eigenvalue weighted by Gasteiger charge is -2.10. The molecule has 7 heteroatoms. The van der Waals surface area contributed by atoms with Gasteiger partial charge in [-0.3, -0.25) is 0 Å². The standard InChI is InChI=1S/C14H16F3NO3/c1-3-5-12(19)21-18-13(14(15,16)17)10-6-8-11(9-7-10)20-4-2/h6-9H,3-5H2,1-2H3/b18-13-. The van der Waals surface area contributed by atoms with Crippen LogP contribution in [0.1, 0.15) is 32.3 Å². The maximum Gasteiger partial charge on any atom is 0.437 e. The molecule has 0 fully saturated rings. The van der Waals surface area contributed by atoms with Crippen molar-refractivity contribution in [3.05, 3.63) is 29.8 Å². The van der Waals surface area contributed by atoms with Gasteiger partial charge in [-0.15, -0.1) is 0 Å². The Balaban J connectivity index is 2.97. The SMILES string of the molecule is CCCC(=O)O/N=C(/c1ccc(OCC)cc1)C(F)(F)F. The molecule has 0 aromatic heterocycles. The average Bonchev–Trinajstić information content (AvgIpc) is 2.40. The highest BCUT2D eigenvalue weighted by Gasteiger charge is 2.38. The van der Waals surface area contributed by atoms with E-state index in [9.17, 15) is 18.0 Å². The van der Waals surface area contributed by atoms with Crippen molar-refractivity contribution in [2.24, 2.45) is 5.16 Å². The molecule has 0 atom stereocenters. The molecule has 0 aliphatic heterocycles. The van der Waals surface area contributed by atoms with E-state index in [1.807, 2.05) is 0 Å². The third kappa shape index (κ3) is 5.45. The molecule has 0 spiro atoms. The fourth-order valence-corrected chi connectivity index (χ4v) is 1.49. The second kappa shape index (κ2) is 7.66. The normalized spacial score (nSPS) is 12.1. The third-order valence-corrected chi connectivity index (χ3v) is 2.40. The number of carbonyl (C=O) groups excluding carboxylic acids is 1. The Bertz CT molecular complexity index is 495. The molecule has 0 N–H and O–H groups in total. The van der Waals surface area contributed by atoms with Crippen LogP contribution in [0.15, 0.2) is 29.4 Å². The highest BCUT2D eigenvalue weighted by atomic mass is 19.4. The van der Waals surface area contributed by atoms with Crippen LogP contribution in [0.25, 0.3) is 0 Å². The van der Waals surface area contributed by atoms with Gasteiger partial charge in [-0.2, -0.15) is 13.2 Å². The molecular formula is C14H16F3NO3. The Labute approximate surface area is 120 Å². The summed E-state index contributed by atoms with van der Waals surface area (Å²) in [6.45, 7) is 3.89. The average molecular weight is 303 g/mol. The zero-order chi connectivity index (χ0) is 15.9. The zero-order valence-electron chi connectivity index (χ0n) is 11.7. The Morgan fingerprint density at radius 3 is 2.29 bits per heavy atom. The minimum Gasteiger partial charge on any atom is -0.494 e. The second-order valence-corrected chi connectivity index (χ2v) is 4.11. The number of halogens is 3. The summed E-state index contributed by atoms with van der Waals surface area (Å²) in [5.74, 6) is -0.351. The Morgan fingerprint density at radius 1 is 1.19 bits per heavy atom. The van der Waals surface area contributed by atoms with Gasteiger partial charge in [-0.05, 0) is 37.6 Å². The van der Waals surface area contributed by atoms with Crippen molar-refractivity contribution in [2.75, 3.05) is 6.61 Å². The van der Waals surface area contributed by atoms with Crippen molar-refractivity contribution in [1.29, 1.82) is 0 Å². The van der Waals surface area contributed by atoms with Gasteiger partial charge in [0.2, 0.25) is 0 Å². The first-order chi connectivity index (χ1) is 9.88. The minimum atomic E-state index is -4.72. The third-order valence-electron chi connectivity index (χ3n) is 2.40. The van der Waals surface area contributed by atoms with Gasteiger partial charge in [0.25, 0.3) is 0 Å². The van der Waals surface area contributed by atoms with E-state index in [0.717, 1.165) is 0 Å². The topological polar surface area (TPSA) is 47.9 Å². The van der Waals surface area contributed by atoms with E-state index >= 15 is 0 Å². The Morgan fingerprint density at radius 2 is 1.81 bits per heavy atom. The van der Waals surface area contributed by atoms with E-state index in [1.165, 1.54) is 24.3 Å². The quantitative estimate of drug-likeness (QED) is 0.457.